The average Bonchev–Trinajstić information content (AvgIpc) is 2.72. The second kappa shape index (κ2) is 17.0. The van der Waals surface area contributed by atoms with Crippen molar-refractivity contribution in [1.29, 1.82) is 0 Å². The Morgan fingerprint density at radius 2 is 1.55 bits per heavy atom. The summed E-state index contributed by atoms with van der Waals surface area (Å²) in [6, 6.07) is 8.95. The summed E-state index contributed by atoms with van der Waals surface area (Å²) in [7, 11) is 0. The minimum Gasteiger partial charge on any atom is -0.464 e. The summed E-state index contributed by atoms with van der Waals surface area (Å²) in [4.78, 5) is 24.4. The summed E-state index contributed by atoms with van der Waals surface area (Å²) in [5, 5.41) is 2.79. The van der Waals surface area contributed by atoms with Crippen LogP contribution >= 0.6 is 0 Å². The largest absolute Gasteiger partial charge is 0.464 e. The monoisotopic (exact) mass is 405 g/mol. The van der Waals surface area contributed by atoms with Crippen molar-refractivity contribution in [3.05, 3.63) is 35.9 Å². The van der Waals surface area contributed by atoms with Crippen molar-refractivity contribution in [1.82, 2.24) is 5.32 Å². The SMILES string of the molecule is CCCCCCCCCCOCCC(=O)N[C@@H](Cc1ccccc1)C(=O)OCC. The van der Waals surface area contributed by atoms with E-state index < -0.39 is 12.0 Å². The third kappa shape index (κ3) is 13.1. The molecule has 1 amide bonds. The van der Waals surface area contributed by atoms with E-state index in [0.29, 0.717) is 26.2 Å². The zero-order valence-corrected chi connectivity index (χ0v) is 18.3. The Balaban J connectivity index is 2.18. The lowest BCUT2D eigenvalue weighted by Crippen LogP contribution is -2.43. The maximum Gasteiger partial charge on any atom is 0.328 e. The fourth-order valence-electron chi connectivity index (χ4n) is 3.16. The molecule has 29 heavy (non-hydrogen) atoms. The molecule has 0 spiro atoms. The molecule has 0 radical (unpaired) electrons. The summed E-state index contributed by atoms with van der Waals surface area (Å²) in [5.41, 5.74) is 0.983. The van der Waals surface area contributed by atoms with Crippen LogP contribution in [0.15, 0.2) is 30.3 Å². The van der Waals surface area contributed by atoms with Gasteiger partial charge in [-0.05, 0) is 18.9 Å². The van der Waals surface area contributed by atoms with Crippen molar-refractivity contribution in [3.8, 4) is 0 Å². The maximum atomic E-state index is 12.2. The van der Waals surface area contributed by atoms with E-state index in [1.54, 1.807) is 6.92 Å². The number of ether oxygens (including phenoxy) is 2. The Morgan fingerprint density at radius 3 is 2.21 bits per heavy atom. The Kier molecular flexibility index (Phi) is 14.8. The predicted molar refractivity (Wildman–Crippen MR) is 117 cm³/mol. The van der Waals surface area contributed by atoms with Gasteiger partial charge in [0.15, 0.2) is 0 Å². The molecule has 0 aliphatic carbocycles. The van der Waals surface area contributed by atoms with Crippen molar-refractivity contribution in [2.45, 2.75) is 84.1 Å². The fraction of sp³-hybridized carbons (Fsp3) is 0.667. The summed E-state index contributed by atoms with van der Waals surface area (Å²) < 4.78 is 10.7. The first kappa shape index (κ1) is 25.2. The van der Waals surface area contributed by atoms with Crippen LogP contribution < -0.4 is 5.32 Å². The zero-order chi connectivity index (χ0) is 21.2. The van der Waals surface area contributed by atoms with Gasteiger partial charge in [-0.1, -0.05) is 82.2 Å². The molecule has 0 heterocycles. The van der Waals surface area contributed by atoms with Crippen LogP contribution in [0, 0.1) is 0 Å². The molecule has 0 saturated heterocycles. The van der Waals surface area contributed by atoms with Crippen molar-refractivity contribution in [2.75, 3.05) is 19.8 Å². The third-order valence-electron chi connectivity index (χ3n) is 4.80. The first-order chi connectivity index (χ1) is 14.2. The minimum absolute atomic E-state index is 0.185. The van der Waals surface area contributed by atoms with E-state index in [0.717, 1.165) is 12.0 Å². The van der Waals surface area contributed by atoms with Gasteiger partial charge in [-0.2, -0.15) is 0 Å². The molecule has 0 unspecified atom stereocenters. The molecule has 5 heteroatoms. The van der Waals surface area contributed by atoms with Gasteiger partial charge in [-0.3, -0.25) is 4.79 Å². The van der Waals surface area contributed by atoms with Crippen molar-refractivity contribution < 1.29 is 19.1 Å². The van der Waals surface area contributed by atoms with E-state index in [9.17, 15) is 9.59 Å². The highest BCUT2D eigenvalue weighted by Crippen LogP contribution is 2.08. The molecule has 1 atom stereocenters. The van der Waals surface area contributed by atoms with Gasteiger partial charge >= 0.3 is 5.97 Å². The number of carbonyl (C=O) groups excluding carboxylic acids is 2. The van der Waals surface area contributed by atoms with Gasteiger partial charge in [0.05, 0.1) is 13.2 Å². The van der Waals surface area contributed by atoms with Crippen LogP contribution in [0.25, 0.3) is 0 Å². The lowest BCUT2D eigenvalue weighted by molar-refractivity contribution is -0.147. The van der Waals surface area contributed by atoms with Crippen LogP contribution in [-0.2, 0) is 25.5 Å². The van der Waals surface area contributed by atoms with E-state index in [1.807, 2.05) is 30.3 Å². The number of amides is 1. The Morgan fingerprint density at radius 1 is 0.897 bits per heavy atom. The normalized spacial score (nSPS) is 11.8. The highest BCUT2D eigenvalue weighted by molar-refractivity contribution is 5.84. The van der Waals surface area contributed by atoms with E-state index in [2.05, 4.69) is 12.2 Å². The smallest absolute Gasteiger partial charge is 0.328 e. The summed E-state index contributed by atoms with van der Waals surface area (Å²) in [6.07, 6.45) is 10.8. The second-order valence-corrected chi connectivity index (χ2v) is 7.40. The average molecular weight is 406 g/mol. The van der Waals surface area contributed by atoms with E-state index in [4.69, 9.17) is 9.47 Å². The number of hydrogen-bond donors (Lipinski definition) is 1. The summed E-state index contributed by atoms with van der Waals surface area (Å²) in [6.45, 7) is 5.36. The number of hydrogen-bond acceptors (Lipinski definition) is 4. The van der Waals surface area contributed by atoms with Crippen molar-refractivity contribution in [3.63, 3.8) is 0 Å². The summed E-state index contributed by atoms with van der Waals surface area (Å²) >= 11 is 0. The molecule has 0 aromatic heterocycles. The first-order valence-electron chi connectivity index (χ1n) is 11.2. The summed E-state index contributed by atoms with van der Waals surface area (Å²) in [5.74, 6) is -0.584. The molecule has 1 N–H and O–H groups in total. The zero-order valence-electron chi connectivity index (χ0n) is 18.3. The molecule has 1 aromatic rings. The van der Waals surface area contributed by atoms with Gasteiger partial charge < -0.3 is 14.8 Å². The lowest BCUT2D eigenvalue weighted by atomic mass is 10.1. The van der Waals surface area contributed by atoms with E-state index in [1.165, 1.54) is 44.9 Å². The van der Waals surface area contributed by atoms with Gasteiger partial charge in [0, 0.05) is 19.4 Å². The van der Waals surface area contributed by atoms with Crippen LogP contribution in [0.3, 0.4) is 0 Å². The Hall–Kier alpha value is -1.88. The standard InChI is InChI=1S/C24H39NO4/c1-3-5-6-7-8-9-10-14-18-28-19-17-23(26)25-22(24(27)29-4-2)20-21-15-12-11-13-16-21/h11-13,15-16,22H,3-10,14,17-20H2,1-2H3,(H,25,26)/t22-/m0/s1. The van der Waals surface area contributed by atoms with Crippen LogP contribution in [-0.4, -0.2) is 37.7 Å². The Bertz CT molecular complexity index is 547. The molecule has 0 saturated carbocycles. The quantitative estimate of drug-likeness (QED) is 0.298. The number of unbranched alkanes of at least 4 members (excludes halogenated alkanes) is 7. The third-order valence-corrected chi connectivity index (χ3v) is 4.80. The molecule has 0 aliphatic heterocycles. The number of esters is 1. The molecule has 1 aromatic carbocycles. The van der Waals surface area contributed by atoms with Crippen LogP contribution in [0.1, 0.15) is 77.2 Å². The van der Waals surface area contributed by atoms with Gasteiger partial charge in [0.25, 0.3) is 0 Å². The second-order valence-electron chi connectivity index (χ2n) is 7.40. The first-order valence-corrected chi connectivity index (χ1v) is 11.2. The molecule has 164 valence electrons. The number of rotatable bonds is 17. The number of carbonyl (C=O) groups is 2. The van der Waals surface area contributed by atoms with Gasteiger partial charge in [0.2, 0.25) is 5.91 Å². The van der Waals surface area contributed by atoms with Crippen LogP contribution in [0.4, 0.5) is 0 Å². The highest BCUT2D eigenvalue weighted by Gasteiger charge is 2.22. The van der Waals surface area contributed by atoms with Crippen LogP contribution in [0.2, 0.25) is 0 Å². The molecular formula is C24H39NO4. The predicted octanol–water partition coefficient (Wildman–Crippen LogP) is 4.82. The van der Waals surface area contributed by atoms with Crippen molar-refractivity contribution in [2.24, 2.45) is 0 Å². The van der Waals surface area contributed by atoms with Crippen molar-refractivity contribution >= 4 is 11.9 Å². The molecule has 0 aliphatic rings. The molecule has 5 nitrogen and oxygen atoms in total. The minimum atomic E-state index is -0.669. The molecule has 1 rings (SSSR count). The molecule has 0 bridgehead atoms. The lowest BCUT2D eigenvalue weighted by Gasteiger charge is -2.17. The highest BCUT2D eigenvalue weighted by atomic mass is 16.5. The molecular weight excluding hydrogens is 366 g/mol. The number of benzene rings is 1. The van der Waals surface area contributed by atoms with Gasteiger partial charge in [0.1, 0.15) is 6.04 Å². The van der Waals surface area contributed by atoms with Gasteiger partial charge in [-0.25, -0.2) is 4.79 Å². The Labute approximate surface area is 176 Å². The maximum absolute atomic E-state index is 12.2. The van der Waals surface area contributed by atoms with E-state index in [-0.39, 0.29) is 12.3 Å². The van der Waals surface area contributed by atoms with Gasteiger partial charge in [-0.15, -0.1) is 0 Å². The topological polar surface area (TPSA) is 64.6 Å². The molecule has 0 fully saturated rings. The van der Waals surface area contributed by atoms with E-state index >= 15 is 0 Å². The number of nitrogens with one attached hydrogen (secondary N) is 1. The fourth-order valence-corrected chi connectivity index (χ4v) is 3.16. The van der Waals surface area contributed by atoms with Crippen LogP contribution in [0.5, 0.6) is 0 Å².